The highest BCUT2D eigenvalue weighted by atomic mass is 35.5. The van der Waals surface area contributed by atoms with Crippen LogP contribution in [0.1, 0.15) is 41.1 Å². The molecule has 1 heterocycles. The molecular formula is C22H22ClN3O3S. The standard InChI is InChI=1S/C22H22ClN3O3S/c1-4-6-19-20(15-9-7-14(3)8-10-15)25(5-2)22(30-19)24-21(27)16-11-12-17(23)18(13-16)26(28)29/h7-13H,4-6H2,1-3H3. The van der Waals surface area contributed by atoms with Crippen LogP contribution in [-0.2, 0) is 13.0 Å². The van der Waals surface area contributed by atoms with Crippen LogP contribution in [0, 0.1) is 17.0 Å². The Balaban J connectivity index is 2.13. The summed E-state index contributed by atoms with van der Waals surface area (Å²) < 4.78 is 2.03. The highest BCUT2D eigenvalue weighted by Crippen LogP contribution is 2.28. The van der Waals surface area contributed by atoms with Gasteiger partial charge >= 0.3 is 0 Å². The third-order valence-electron chi connectivity index (χ3n) is 4.68. The van der Waals surface area contributed by atoms with Gasteiger partial charge in [-0.15, -0.1) is 11.3 Å². The highest BCUT2D eigenvalue weighted by Gasteiger charge is 2.18. The van der Waals surface area contributed by atoms with E-state index < -0.39 is 10.8 Å². The van der Waals surface area contributed by atoms with E-state index in [0.29, 0.717) is 11.3 Å². The Morgan fingerprint density at radius 3 is 2.50 bits per heavy atom. The van der Waals surface area contributed by atoms with Crippen LogP contribution in [0.25, 0.3) is 11.3 Å². The molecule has 0 saturated heterocycles. The van der Waals surface area contributed by atoms with Crippen molar-refractivity contribution in [2.75, 3.05) is 0 Å². The van der Waals surface area contributed by atoms with Gasteiger partial charge in [-0.3, -0.25) is 14.9 Å². The molecule has 0 N–H and O–H groups in total. The molecule has 0 saturated carbocycles. The predicted molar refractivity (Wildman–Crippen MR) is 120 cm³/mol. The zero-order valence-corrected chi connectivity index (χ0v) is 18.6. The van der Waals surface area contributed by atoms with Crippen LogP contribution in [0.15, 0.2) is 47.5 Å². The summed E-state index contributed by atoms with van der Waals surface area (Å²) in [7, 11) is 0. The summed E-state index contributed by atoms with van der Waals surface area (Å²) in [5.41, 5.74) is 3.16. The van der Waals surface area contributed by atoms with Gasteiger partial charge in [0.2, 0.25) is 0 Å². The number of nitrogens with zero attached hydrogens (tertiary/aromatic N) is 3. The Kier molecular flexibility index (Phi) is 6.84. The summed E-state index contributed by atoms with van der Waals surface area (Å²) in [5, 5.41) is 11.1. The second-order valence-corrected chi connectivity index (χ2v) is 8.33. The first-order valence-electron chi connectivity index (χ1n) is 9.68. The SMILES string of the molecule is CCCc1sc(=NC(=O)c2ccc(Cl)c([N+](=O)[O-])c2)n(CC)c1-c1ccc(C)cc1. The first-order chi connectivity index (χ1) is 14.3. The van der Waals surface area contributed by atoms with Crippen molar-refractivity contribution in [3.8, 4) is 11.3 Å². The number of hydrogen-bond acceptors (Lipinski definition) is 4. The number of carbonyl (C=O) groups excluding carboxylic acids is 1. The van der Waals surface area contributed by atoms with Crippen LogP contribution in [-0.4, -0.2) is 15.4 Å². The minimum absolute atomic E-state index is 0.0109. The first kappa shape index (κ1) is 21.9. The fourth-order valence-electron chi connectivity index (χ4n) is 3.20. The van der Waals surface area contributed by atoms with Crippen LogP contribution in [0.3, 0.4) is 0 Å². The molecule has 0 unspecified atom stereocenters. The molecule has 0 atom stereocenters. The van der Waals surface area contributed by atoms with E-state index in [1.54, 1.807) is 0 Å². The van der Waals surface area contributed by atoms with Crippen molar-refractivity contribution in [2.24, 2.45) is 4.99 Å². The van der Waals surface area contributed by atoms with Gasteiger partial charge in [0.25, 0.3) is 11.6 Å². The van der Waals surface area contributed by atoms with Crippen molar-refractivity contribution in [1.82, 2.24) is 4.57 Å². The predicted octanol–water partition coefficient (Wildman–Crippen LogP) is 5.80. The molecule has 0 aliphatic carbocycles. The molecule has 0 bridgehead atoms. The highest BCUT2D eigenvalue weighted by molar-refractivity contribution is 7.09. The average Bonchev–Trinajstić information content (AvgIpc) is 3.05. The summed E-state index contributed by atoms with van der Waals surface area (Å²) in [5.74, 6) is -0.531. The van der Waals surface area contributed by atoms with Crippen molar-refractivity contribution >= 4 is 34.5 Å². The second kappa shape index (κ2) is 9.36. The average molecular weight is 444 g/mol. The normalized spacial score (nSPS) is 11.7. The molecule has 3 rings (SSSR count). The largest absolute Gasteiger partial charge is 0.316 e. The number of thiazole rings is 1. The Morgan fingerprint density at radius 2 is 1.90 bits per heavy atom. The lowest BCUT2D eigenvalue weighted by atomic mass is 10.1. The summed E-state index contributed by atoms with van der Waals surface area (Å²) >= 11 is 7.34. The Labute approximate surface area is 183 Å². The molecule has 1 amide bonds. The van der Waals surface area contributed by atoms with Crippen LogP contribution < -0.4 is 4.80 Å². The molecule has 0 spiro atoms. The third-order valence-corrected chi connectivity index (χ3v) is 6.14. The van der Waals surface area contributed by atoms with E-state index in [1.807, 2.05) is 18.4 Å². The molecule has 2 aromatic carbocycles. The van der Waals surface area contributed by atoms with E-state index in [-0.39, 0.29) is 16.3 Å². The maximum atomic E-state index is 12.8. The minimum atomic E-state index is -0.606. The van der Waals surface area contributed by atoms with Crippen LogP contribution in [0.5, 0.6) is 0 Å². The number of aryl methyl sites for hydroxylation is 2. The maximum absolute atomic E-state index is 12.8. The van der Waals surface area contributed by atoms with Crippen molar-refractivity contribution in [2.45, 2.75) is 40.2 Å². The molecule has 0 radical (unpaired) electrons. The topological polar surface area (TPSA) is 77.5 Å². The van der Waals surface area contributed by atoms with Gasteiger partial charge in [0.1, 0.15) is 5.02 Å². The molecule has 0 aliphatic heterocycles. The molecular weight excluding hydrogens is 422 g/mol. The van der Waals surface area contributed by atoms with Crippen molar-refractivity contribution in [3.05, 3.63) is 78.4 Å². The van der Waals surface area contributed by atoms with E-state index in [2.05, 4.69) is 36.2 Å². The smallest absolute Gasteiger partial charge is 0.288 e. The van der Waals surface area contributed by atoms with Crippen molar-refractivity contribution in [3.63, 3.8) is 0 Å². The Hall–Kier alpha value is -2.77. The van der Waals surface area contributed by atoms with E-state index in [9.17, 15) is 14.9 Å². The van der Waals surface area contributed by atoms with Gasteiger partial charge in [0, 0.05) is 23.1 Å². The number of nitro groups is 1. The Morgan fingerprint density at radius 1 is 1.20 bits per heavy atom. The molecule has 0 fully saturated rings. The number of amides is 1. The zero-order valence-electron chi connectivity index (χ0n) is 17.0. The van der Waals surface area contributed by atoms with Crippen molar-refractivity contribution in [1.29, 1.82) is 0 Å². The van der Waals surface area contributed by atoms with Crippen molar-refractivity contribution < 1.29 is 9.72 Å². The number of rotatable bonds is 6. The quantitative estimate of drug-likeness (QED) is 0.356. The number of aromatic nitrogens is 1. The fraction of sp³-hybridized carbons (Fsp3) is 0.273. The second-order valence-electron chi connectivity index (χ2n) is 6.86. The van der Waals surface area contributed by atoms with Crippen LogP contribution >= 0.6 is 22.9 Å². The minimum Gasteiger partial charge on any atom is -0.316 e. The summed E-state index contributed by atoms with van der Waals surface area (Å²) in [4.78, 5) is 29.4. The van der Waals surface area contributed by atoms with E-state index >= 15 is 0 Å². The van der Waals surface area contributed by atoms with Crippen LogP contribution in [0.2, 0.25) is 5.02 Å². The van der Waals surface area contributed by atoms with Gasteiger partial charge in [-0.2, -0.15) is 4.99 Å². The molecule has 3 aromatic rings. The number of halogens is 1. The molecule has 8 heteroatoms. The van der Waals surface area contributed by atoms with E-state index in [4.69, 9.17) is 11.6 Å². The van der Waals surface area contributed by atoms with Gasteiger partial charge in [-0.25, -0.2) is 0 Å². The zero-order chi connectivity index (χ0) is 21.8. The van der Waals surface area contributed by atoms with Gasteiger partial charge < -0.3 is 4.57 Å². The lowest BCUT2D eigenvalue weighted by molar-refractivity contribution is -0.384. The summed E-state index contributed by atoms with van der Waals surface area (Å²) in [6.45, 7) is 6.82. The number of hydrogen-bond donors (Lipinski definition) is 0. The van der Waals surface area contributed by atoms with Gasteiger partial charge in [-0.05, 0) is 38.0 Å². The van der Waals surface area contributed by atoms with E-state index in [1.165, 1.54) is 35.1 Å². The summed E-state index contributed by atoms with van der Waals surface area (Å²) in [6, 6.07) is 12.3. The number of nitro benzene ring substituents is 1. The molecule has 1 aromatic heterocycles. The maximum Gasteiger partial charge on any atom is 0.288 e. The molecule has 156 valence electrons. The van der Waals surface area contributed by atoms with Gasteiger partial charge in [-0.1, -0.05) is 54.8 Å². The number of benzene rings is 2. The Bertz CT molecular complexity index is 1160. The fourth-order valence-corrected chi connectivity index (χ4v) is 4.70. The lowest BCUT2D eigenvalue weighted by Crippen LogP contribution is -2.17. The van der Waals surface area contributed by atoms with Crippen LogP contribution in [0.4, 0.5) is 5.69 Å². The monoisotopic (exact) mass is 443 g/mol. The van der Waals surface area contributed by atoms with E-state index in [0.717, 1.165) is 29.0 Å². The summed E-state index contributed by atoms with van der Waals surface area (Å²) in [6.07, 6.45) is 1.85. The molecule has 0 aliphatic rings. The first-order valence-corrected chi connectivity index (χ1v) is 10.9. The lowest BCUT2D eigenvalue weighted by Gasteiger charge is -2.09. The molecule has 30 heavy (non-hydrogen) atoms. The van der Waals surface area contributed by atoms with Gasteiger partial charge in [0.15, 0.2) is 4.80 Å². The van der Waals surface area contributed by atoms with Gasteiger partial charge in [0.05, 0.1) is 10.6 Å². The third kappa shape index (κ3) is 4.52. The molecule has 6 nitrogen and oxygen atoms in total. The number of carbonyl (C=O) groups is 1.